The zero-order valence-electron chi connectivity index (χ0n) is 17.2. The molecule has 154 valence electrons. The normalized spacial score (nSPS) is 18.9. The highest BCUT2D eigenvalue weighted by Crippen LogP contribution is 2.44. The average Bonchev–Trinajstić information content (AvgIpc) is 3.11. The van der Waals surface area contributed by atoms with Crippen molar-refractivity contribution in [2.24, 2.45) is 0 Å². The monoisotopic (exact) mass is 414 g/mol. The fraction of sp³-hybridized carbons (Fsp3) is 0.571. The molecule has 0 spiro atoms. The molecular formula is C21H26N4O3S. The highest BCUT2D eigenvalue weighted by molar-refractivity contribution is 7.25. The lowest BCUT2D eigenvalue weighted by Crippen LogP contribution is -2.39. The van der Waals surface area contributed by atoms with Crippen molar-refractivity contribution in [1.82, 2.24) is 15.0 Å². The smallest absolute Gasteiger partial charge is 0.234 e. The predicted molar refractivity (Wildman–Crippen MR) is 114 cm³/mol. The first-order valence-corrected chi connectivity index (χ1v) is 11.1. The van der Waals surface area contributed by atoms with Crippen LogP contribution in [0.3, 0.4) is 0 Å². The van der Waals surface area contributed by atoms with Gasteiger partial charge in [0.15, 0.2) is 0 Å². The summed E-state index contributed by atoms with van der Waals surface area (Å²) in [7, 11) is 0. The molecule has 5 rings (SSSR count). The topological polar surface area (TPSA) is 69.6 Å². The number of thiophene rings is 1. The molecule has 2 aliphatic heterocycles. The molecule has 0 N–H and O–H groups in total. The van der Waals surface area contributed by atoms with E-state index in [1.807, 2.05) is 0 Å². The number of fused-ring (bicyclic) bond motifs is 5. The first-order chi connectivity index (χ1) is 14.1. The molecule has 0 amide bonds. The fourth-order valence-corrected chi connectivity index (χ4v) is 5.20. The summed E-state index contributed by atoms with van der Waals surface area (Å²) in [6.45, 7) is 10.8. The summed E-state index contributed by atoms with van der Waals surface area (Å²) in [5.74, 6) is 1.69. The van der Waals surface area contributed by atoms with E-state index in [0.717, 1.165) is 65.4 Å². The summed E-state index contributed by atoms with van der Waals surface area (Å²) in [4.78, 5) is 17.5. The molecule has 8 heteroatoms. The number of ether oxygens (including phenoxy) is 3. The molecule has 0 radical (unpaired) electrons. The Bertz CT molecular complexity index is 1060. The van der Waals surface area contributed by atoms with Gasteiger partial charge in [0.1, 0.15) is 21.7 Å². The number of morpholine rings is 1. The van der Waals surface area contributed by atoms with E-state index >= 15 is 0 Å². The van der Waals surface area contributed by atoms with Gasteiger partial charge in [-0.3, -0.25) is 0 Å². The van der Waals surface area contributed by atoms with Gasteiger partial charge in [-0.2, -0.15) is 0 Å². The van der Waals surface area contributed by atoms with Crippen molar-refractivity contribution in [2.75, 3.05) is 37.8 Å². The van der Waals surface area contributed by atoms with E-state index in [0.29, 0.717) is 19.1 Å². The average molecular weight is 415 g/mol. The van der Waals surface area contributed by atoms with Gasteiger partial charge in [0.05, 0.1) is 37.5 Å². The number of rotatable bonds is 4. The molecule has 29 heavy (non-hydrogen) atoms. The third-order valence-corrected chi connectivity index (χ3v) is 6.59. The van der Waals surface area contributed by atoms with Gasteiger partial charge < -0.3 is 19.1 Å². The van der Waals surface area contributed by atoms with Crippen LogP contribution >= 0.6 is 11.3 Å². The van der Waals surface area contributed by atoms with E-state index in [4.69, 9.17) is 19.2 Å². The Morgan fingerprint density at radius 1 is 1.21 bits per heavy atom. The summed E-state index contributed by atoms with van der Waals surface area (Å²) in [5, 5.41) is 1.14. The van der Waals surface area contributed by atoms with Crippen LogP contribution in [0.1, 0.15) is 38.3 Å². The summed E-state index contributed by atoms with van der Waals surface area (Å²) in [6, 6.07) is 0. The van der Waals surface area contributed by atoms with Crippen LogP contribution in [0.15, 0.2) is 6.33 Å². The molecule has 5 heterocycles. The maximum Gasteiger partial charge on any atom is 0.234 e. The van der Waals surface area contributed by atoms with Crippen LogP contribution in [0, 0.1) is 0 Å². The molecule has 0 saturated carbocycles. The van der Waals surface area contributed by atoms with Crippen LogP contribution in [-0.4, -0.2) is 53.5 Å². The Morgan fingerprint density at radius 3 is 2.83 bits per heavy atom. The predicted octanol–water partition coefficient (Wildman–Crippen LogP) is 3.72. The van der Waals surface area contributed by atoms with Gasteiger partial charge >= 0.3 is 0 Å². The van der Waals surface area contributed by atoms with Gasteiger partial charge in [0, 0.05) is 30.5 Å². The zero-order chi connectivity index (χ0) is 20.0. The third-order valence-electron chi connectivity index (χ3n) is 5.53. The molecule has 2 aliphatic rings. The zero-order valence-corrected chi connectivity index (χ0v) is 18.0. The Kier molecular flexibility index (Phi) is 4.80. The standard InChI is InChI=1S/C21H26N4O3S/c1-4-7-27-19-17-16(22-12-23-19)15-13-10-21(2,3)28-11-14(13)18(24-20(15)29-17)25-5-8-26-9-6-25/h12H,4-11H2,1-3H3. The maximum absolute atomic E-state index is 6.19. The number of anilines is 1. The van der Waals surface area contributed by atoms with Gasteiger partial charge in [0.25, 0.3) is 0 Å². The van der Waals surface area contributed by atoms with Crippen LogP contribution in [0.5, 0.6) is 5.88 Å². The van der Waals surface area contributed by atoms with Crippen molar-refractivity contribution in [3.63, 3.8) is 0 Å². The number of hydrogen-bond donors (Lipinski definition) is 0. The van der Waals surface area contributed by atoms with E-state index in [1.165, 1.54) is 11.1 Å². The minimum Gasteiger partial charge on any atom is -0.477 e. The van der Waals surface area contributed by atoms with E-state index in [9.17, 15) is 0 Å². The number of nitrogens with zero attached hydrogens (tertiary/aromatic N) is 4. The Labute approximate surface area is 174 Å². The van der Waals surface area contributed by atoms with E-state index in [1.54, 1.807) is 17.7 Å². The number of aromatic nitrogens is 3. The van der Waals surface area contributed by atoms with Crippen LogP contribution in [0.4, 0.5) is 5.82 Å². The highest BCUT2D eigenvalue weighted by Gasteiger charge is 2.33. The fourth-order valence-electron chi connectivity index (χ4n) is 4.11. The van der Waals surface area contributed by atoms with Gasteiger partial charge in [-0.15, -0.1) is 11.3 Å². The largest absolute Gasteiger partial charge is 0.477 e. The SMILES string of the molecule is CCCOc1ncnc2c1sc1nc(N3CCOCC3)c3c(c12)CC(C)(C)OC3. The molecule has 3 aromatic heterocycles. The van der Waals surface area contributed by atoms with Gasteiger partial charge in [0.2, 0.25) is 5.88 Å². The summed E-state index contributed by atoms with van der Waals surface area (Å²) >= 11 is 1.63. The second kappa shape index (κ2) is 7.34. The minimum atomic E-state index is -0.216. The second-order valence-corrected chi connectivity index (χ2v) is 9.20. The molecule has 0 aromatic carbocycles. The Hall–Kier alpha value is -2.03. The van der Waals surface area contributed by atoms with Crippen molar-refractivity contribution in [3.8, 4) is 5.88 Å². The first-order valence-electron chi connectivity index (χ1n) is 10.3. The van der Waals surface area contributed by atoms with Crippen LogP contribution < -0.4 is 9.64 Å². The lowest BCUT2D eigenvalue weighted by molar-refractivity contribution is -0.0396. The summed E-state index contributed by atoms with van der Waals surface area (Å²) in [5.41, 5.74) is 3.22. The quantitative estimate of drug-likeness (QED) is 0.644. The van der Waals surface area contributed by atoms with Crippen LogP contribution in [-0.2, 0) is 22.5 Å². The van der Waals surface area contributed by atoms with Crippen LogP contribution in [0.25, 0.3) is 20.4 Å². The minimum absolute atomic E-state index is 0.216. The van der Waals surface area contributed by atoms with E-state index in [-0.39, 0.29) is 5.60 Å². The van der Waals surface area contributed by atoms with Crippen molar-refractivity contribution < 1.29 is 14.2 Å². The van der Waals surface area contributed by atoms with Crippen molar-refractivity contribution in [3.05, 3.63) is 17.5 Å². The van der Waals surface area contributed by atoms with Crippen molar-refractivity contribution >= 4 is 37.6 Å². The maximum atomic E-state index is 6.19. The molecule has 0 bridgehead atoms. The molecule has 7 nitrogen and oxygen atoms in total. The highest BCUT2D eigenvalue weighted by atomic mass is 32.1. The number of hydrogen-bond acceptors (Lipinski definition) is 8. The van der Waals surface area contributed by atoms with E-state index < -0.39 is 0 Å². The Balaban J connectivity index is 1.75. The Morgan fingerprint density at radius 2 is 2.03 bits per heavy atom. The lowest BCUT2D eigenvalue weighted by Gasteiger charge is -2.36. The van der Waals surface area contributed by atoms with Crippen molar-refractivity contribution in [1.29, 1.82) is 0 Å². The first kappa shape index (κ1) is 19.0. The molecule has 0 unspecified atom stereocenters. The van der Waals surface area contributed by atoms with Crippen LogP contribution in [0.2, 0.25) is 0 Å². The van der Waals surface area contributed by atoms with Gasteiger partial charge in [-0.25, -0.2) is 15.0 Å². The van der Waals surface area contributed by atoms with E-state index in [2.05, 4.69) is 35.6 Å². The number of pyridine rings is 1. The molecule has 1 saturated heterocycles. The molecule has 3 aromatic rings. The summed E-state index contributed by atoms with van der Waals surface area (Å²) in [6.07, 6.45) is 3.38. The third kappa shape index (κ3) is 3.33. The van der Waals surface area contributed by atoms with Crippen molar-refractivity contribution in [2.45, 2.75) is 45.8 Å². The molecule has 1 fully saturated rings. The second-order valence-electron chi connectivity index (χ2n) is 8.20. The molecular weight excluding hydrogens is 388 g/mol. The van der Waals surface area contributed by atoms with Gasteiger partial charge in [-0.1, -0.05) is 6.92 Å². The molecule has 0 aliphatic carbocycles. The van der Waals surface area contributed by atoms with Gasteiger partial charge in [-0.05, 0) is 25.8 Å². The summed E-state index contributed by atoms with van der Waals surface area (Å²) < 4.78 is 18.6. The molecule has 0 atom stereocenters. The lowest BCUT2D eigenvalue weighted by atomic mass is 9.90.